The molecule has 4 rings (SSSR count). The number of nitrogens with zero attached hydrogens (tertiary/aromatic N) is 3. The van der Waals surface area contributed by atoms with E-state index in [4.69, 9.17) is 20.9 Å². The SMILES string of the molecule is COc1ccc(-c2noc(C3=C(C)N(CC(C)C)C(=O)NC3c3ccc(Cl)cc3)n2)cc1F. The fraction of sp³-hybridized carbons (Fsp3) is 0.292. The molecule has 1 aromatic heterocycles. The van der Waals surface area contributed by atoms with Crippen molar-refractivity contribution in [3.05, 3.63) is 70.5 Å². The van der Waals surface area contributed by atoms with Crippen molar-refractivity contribution in [3.63, 3.8) is 0 Å². The number of carbonyl (C=O) groups is 1. The molecule has 1 unspecified atom stereocenters. The summed E-state index contributed by atoms with van der Waals surface area (Å²) in [5.41, 5.74) is 2.65. The van der Waals surface area contributed by atoms with Crippen LogP contribution in [0.25, 0.3) is 17.0 Å². The van der Waals surface area contributed by atoms with Crippen molar-refractivity contribution in [3.8, 4) is 17.1 Å². The highest BCUT2D eigenvalue weighted by atomic mass is 35.5. The van der Waals surface area contributed by atoms with Crippen molar-refractivity contribution in [1.82, 2.24) is 20.4 Å². The number of aromatic nitrogens is 2. The summed E-state index contributed by atoms with van der Waals surface area (Å²) in [7, 11) is 1.40. The summed E-state index contributed by atoms with van der Waals surface area (Å²) in [6, 6.07) is 10.9. The number of halogens is 2. The first-order valence-corrected chi connectivity index (χ1v) is 10.9. The Kier molecular flexibility index (Phi) is 6.37. The maximum Gasteiger partial charge on any atom is 0.322 e. The molecular formula is C24H24ClFN4O3. The monoisotopic (exact) mass is 470 g/mol. The second kappa shape index (κ2) is 9.23. The van der Waals surface area contributed by atoms with Gasteiger partial charge in [0.15, 0.2) is 11.6 Å². The van der Waals surface area contributed by atoms with E-state index >= 15 is 0 Å². The molecule has 1 atom stereocenters. The Hall–Kier alpha value is -3.39. The lowest BCUT2D eigenvalue weighted by molar-refractivity contribution is 0.199. The average Bonchev–Trinajstić information content (AvgIpc) is 3.26. The van der Waals surface area contributed by atoms with Gasteiger partial charge in [-0.25, -0.2) is 9.18 Å². The van der Waals surface area contributed by atoms with Crippen LogP contribution in [0.5, 0.6) is 5.75 Å². The van der Waals surface area contributed by atoms with E-state index in [1.807, 2.05) is 32.9 Å². The minimum Gasteiger partial charge on any atom is -0.494 e. The number of hydrogen-bond acceptors (Lipinski definition) is 5. The average molecular weight is 471 g/mol. The predicted molar refractivity (Wildman–Crippen MR) is 123 cm³/mol. The first-order chi connectivity index (χ1) is 15.8. The molecule has 2 heterocycles. The van der Waals surface area contributed by atoms with E-state index in [9.17, 15) is 9.18 Å². The lowest BCUT2D eigenvalue weighted by atomic mass is 9.94. The van der Waals surface area contributed by atoms with Crippen molar-refractivity contribution in [2.45, 2.75) is 26.8 Å². The van der Waals surface area contributed by atoms with Gasteiger partial charge in [-0.3, -0.25) is 4.90 Å². The van der Waals surface area contributed by atoms with Crippen LogP contribution in [-0.2, 0) is 0 Å². The fourth-order valence-corrected chi connectivity index (χ4v) is 3.93. The van der Waals surface area contributed by atoms with Crippen LogP contribution in [0.4, 0.5) is 9.18 Å². The second-order valence-electron chi connectivity index (χ2n) is 8.21. The zero-order chi connectivity index (χ0) is 23.7. The summed E-state index contributed by atoms with van der Waals surface area (Å²) in [4.78, 5) is 19.1. The Balaban J connectivity index is 1.80. The number of allylic oxidation sites excluding steroid dienone is 1. The summed E-state index contributed by atoms with van der Waals surface area (Å²) in [5, 5.41) is 7.69. The van der Waals surface area contributed by atoms with Gasteiger partial charge in [-0.15, -0.1) is 0 Å². The van der Waals surface area contributed by atoms with Crippen molar-refractivity contribution in [2.75, 3.05) is 13.7 Å². The molecule has 1 aliphatic rings. The van der Waals surface area contributed by atoms with Crippen LogP contribution in [0.15, 0.2) is 52.7 Å². The van der Waals surface area contributed by atoms with Crippen molar-refractivity contribution < 1.29 is 18.4 Å². The quantitative estimate of drug-likeness (QED) is 0.500. The number of amides is 2. The Morgan fingerprint density at radius 3 is 2.61 bits per heavy atom. The Morgan fingerprint density at radius 2 is 1.97 bits per heavy atom. The second-order valence-corrected chi connectivity index (χ2v) is 8.65. The number of urea groups is 1. The minimum atomic E-state index is -0.524. The van der Waals surface area contributed by atoms with Gasteiger partial charge in [-0.1, -0.05) is 42.7 Å². The highest BCUT2D eigenvalue weighted by Gasteiger charge is 2.36. The molecule has 7 nitrogen and oxygen atoms in total. The molecule has 0 saturated carbocycles. The standard InChI is InChI=1S/C24H24ClFN4O3/c1-13(2)12-30-14(3)20(21(27-24(30)31)15-5-8-17(25)9-6-15)23-28-22(29-33-23)16-7-10-19(32-4)18(26)11-16/h5-11,13,21H,12H2,1-4H3,(H,27,31). The van der Waals surface area contributed by atoms with Crippen molar-refractivity contribution in [2.24, 2.45) is 5.92 Å². The van der Waals surface area contributed by atoms with Gasteiger partial charge in [-0.05, 0) is 48.7 Å². The third-order valence-corrected chi connectivity index (χ3v) is 5.67. The fourth-order valence-electron chi connectivity index (χ4n) is 3.80. The number of benzene rings is 2. The van der Waals surface area contributed by atoms with Crippen LogP contribution in [0.1, 0.15) is 38.3 Å². The molecule has 9 heteroatoms. The Morgan fingerprint density at radius 1 is 1.24 bits per heavy atom. The predicted octanol–water partition coefficient (Wildman–Crippen LogP) is 5.69. The largest absolute Gasteiger partial charge is 0.494 e. The van der Waals surface area contributed by atoms with Crippen LogP contribution < -0.4 is 10.1 Å². The topological polar surface area (TPSA) is 80.5 Å². The highest BCUT2D eigenvalue weighted by Crippen LogP contribution is 2.38. The van der Waals surface area contributed by atoms with Crippen LogP contribution in [0, 0.1) is 11.7 Å². The molecule has 3 aromatic rings. The number of ether oxygens (including phenoxy) is 1. The molecule has 0 bridgehead atoms. The number of carbonyl (C=O) groups excluding carboxylic acids is 1. The molecular weight excluding hydrogens is 447 g/mol. The van der Waals surface area contributed by atoms with Gasteiger partial charge in [0.2, 0.25) is 5.82 Å². The van der Waals surface area contributed by atoms with Gasteiger partial charge in [-0.2, -0.15) is 4.98 Å². The molecule has 172 valence electrons. The lowest BCUT2D eigenvalue weighted by Crippen LogP contribution is -2.47. The number of methoxy groups -OCH3 is 1. The van der Waals surface area contributed by atoms with E-state index in [2.05, 4.69) is 15.5 Å². The summed E-state index contributed by atoms with van der Waals surface area (Å²) in [6.45, 7) is 6.46. The maximum absolute atomic E-state index is 14.2. The molecule has 0 radical (unpaired) electrons. The Bertz CT molecular complexity index is 1210. The van der Waals surface area contributed by atoms with E-state index in [0.717, 1.165) is 5.56 Å². The van der Waals surface area contributed by atoms with Gasteiger partial charge in [0.25, 0.3) is 5.89 Å². The summed E-state index contributed by atoms with van der Waals surface area (Å²) in [6.07, 6.45) is 0. The molecule has 0 saturated heterocycles. The van der Waals surface area contributed by atoms with Gasteiger partial charge in [0.05, 0.1) is 18.7 Å². The van der Waals surface area contributed by atoms with E-state index in [0.29, 0.717) is 28.4 Å². The third kappa shape index (κ3) is 4.57. The zero-order valence-electron chi connectivity index (χ0n) is 18.7. The van der Waals surface area contributed by atoms with Gasteiger partial charge >= 0.3 is 6.03 Å². The molecule has 33 heavy (non-hydrogen) atoms. The van der Waals surface area contributed by atoms with Crippen LogP contribution in [-0.4, -0.2) is 34.7 Å². The smallest absolute Gasteiger partial charge is 0.322 e. The van der Waals surface area contributed by atoms with E-state index in [1.165, 1.54) is 19.2 Å². The van der Waals surface area contributed by atoms with E-state index in [-0.39, 0.29) is 29.4 Å². The highest BCUT2D eigenvalue weighted by molar-refractivity contribution is 6.30. The molecule has 0 spiro atoms. The van der Waals surface area contributed by atoms with Gasteiger partial charge < -0.3 is 14.6 Å². The zero-order valence-corrected chi connectivity index (χ0v) is 19.5. The Labute approximate surface area is 196 Å². The normalized spacial score (nSPS) is 16.4. The molecule has 2 aromatic carbocycles. The number of nitrogens with one attached hydrogen (secondary N) is 1. The molecule has 0 fully saturated rings. The van der Waals surface area contributed by atoms with Crippen LogP contribution >= 0.6 is 11.6 Å². The third-order valence-electron chi connectivity index (χ3n) is 5.41. The van der Waals surface area contributed by atoms with Gasteiger partial charge in [0.1, 0.15) is 0 Å². The molecule has 2 amide bonds. The van der Waals surface area contributed by atoms with E-state index in [1.54, 1.807) is 23.1 Å². The number of rotatable bonds is 6. The minimum absolute atomic E-state index is 0.128. The van der Waals surface area contributed by atoms with Crippen molar-refractivity contribution in [1.29, 1.82) is 0 Å². The molecule has 0 aliphatic carbocycles. The first-order valence-electron chi connectivity index (χ1n) is 10.5. The van der Waals surface area contributed by atoms with Crippen LogP contribution in [0.2, 0.25) is 5.02 Å². The molecule has 1 N–H and O–H groups in total. The lowest BCUT2D eigenvalue weighted by Gasteiger charge is -2.36. The number of hydrogen-bond donors (Lipinski definition) is 1. The first kappa shape index (κ1) is 22.8. The molecule has 1 aliphatic heterocycles. The summed E-state index contributed by atoms with van der Waals surface area (Å²) >= 11 is 6.06. The summed E-state index contributed by atoms with van der Waals surface area (Å²) < 4.78 is 24.8. The maximum atomic E-state index is 14.2. The van der Waals surface area contributed by atoms with Crippen LogP contribution in [0.3, 0.4) is 0 Å². The van der Waals surface area contributed by atoms with Gasteiger partial charge in [0, 0.05) is 22.8 Å². The van der Waals surface area contributed by atoms with Crippen molar-refractivity contribution >= 4 is 23.2 Å². The summed E-state index contributed by atoms with van der Waals surface area (Å²) in [5.74, 6) is 0.327. The van der Waals surface area contributed by atoms with E-state index < -0.39 is 11.9 Å².